The number of hydrogen-bond donors (Lipinski definition) is 1. The van der Waals surface area contributed by atoms with Gasteiger partial charge in [-0.2, -0.15) is 0 Å². The van der Waals surface area contributed by atoms with E-state index in [-0.39, 0.29) is 17.3 Å². The lowest BCUT2D eigenvalue weighted by atomic mass is 9.71. The number of rotatable bonds is 3. The molecule has 2 fully saturated rings. The van der Waals surface area contributed by atoms with Crippen molar-refractivity contribution in [3.05, 3.63) is 0 Å². The maximum Gasteiger partial charge on any atom is 0.0803 e. The minimum Gasteiger partial charge on any atom is -0.390 e. The van der Waals surface area contributed by atoms with Crippen LogP contribution < -0.4 is 0 Å². The molecular formula is C14H26O3. The number of aliphatic hydroxyl groups excluding tert-OH is 1. The first-order chi connectivity index (χ1) is 7.90. The van der Waals surface area contributed by atoms with Crippen LogP contribution in [0.4, 0.5) is 0 Å². The van der Waals surface area contributed by atoms with Crippen LogP contribution in [0.15, 0.2) is 0 Å². The fourth-order valence-electron chi connectivity index (χ4n) is 2.79. The van der Waals surface area contributed by atoms with E-state index in [9.17, 15) is 5.11 Å². The summed E-state index contributed by atoms with van der Waals surface area (Å²) in [6.45, 7) is 7.33. The van der Waals surface area contributed by atoms with E-state index in [2.05, 4.69) is 0 Å². The molecule has 3 heteroatoms. The van der Waals surface area contributed by atoms with Gasteiger partial charge in [0.05, 0.1) is 23.9 Å². The quantitative estimate of drug-likeness (QED) is 0.826. The highest BCUT2D eigenvalue weighted by atomic mass is 16.5. The topological polar surface area (TPSA) is 38.7 Å². The fraction of sp³-hybridized carbons (Fsp3) is 1.00. The summed E-state index contributed by atoms with van der Waals surface area (Å²) < 4.78 is 11.5. The maximum absolute atomic E-state index is 10.2. The first kappa shape index (κ1) is 13.3. The molecule has 0 radical (unpaired) electrons. The first-order valence-electron chi connectivity index (χ1n) is 6.86. The van der Waals surface area contributed by atoms with Crippen molar-refractivity contribution in [2.75, 3.05) is 13.2 Å². The molecular weight excluding hydrogens is 216 g/mol. The van der Waals surface area contributed by atoms with Crippen LogP contribution >= 0.6 is 0 Å². The lowest BCUT2D eigenvalue weighted by Crippen LogP contribution is -2.48. The Morgan fingerprint density at radius 2 is 2.12 bits per heavy atom. The summed E-state index contributed by atoms with van der Waals surface area (Å²) in [5.41, 5.74) is -0.0497. The van der Waals surface area contributed by atoms with E-state index in [1.165, 1.54) is 19.3 Å². The molecule has 1 heterocycles. The van der Waals surface area contributed by atoms with Gasteiger partial charge >= 0.3 is 0 Å². The Morgan fingerprint density at radius 1 is 1.41 bits per heavy atom. The standard InChI is InChI=1S/C14H26O3/c1-13(2,3)17-10-12(15)11-5-8-16-14(9-11)6-4-7-14/h11-12,15H,4-10H2,1-3H3. The molecule has 2 atom stereocenters. The fourth-order valence-corrected chi connectivity index (χ4v) is 2.79. The van der Waals surface area contributed by atoms with Gasteiger partial charge in [0, 0.05) is 6.61 Å². The zero-order valence-electron chi connectivity index (χ0n) is 11.4. The molecule has 1 spiro atoms. The van der Waals surface area contributed by atoms with Crippen LogP contribution in [0.1, 0.15) is 52.9 Å². The first-order valence-corrected chi connectivity index (χ1v) is 6.86. The average molecular weight is 242 g/mol. The lowest BCUT2D eigenvalue weighted by molar-refractivity contribution is -0.165. The van der Waals surface area contributed by atoms with E-state index in [4.69, 9.17) is 9.47 Å². The molecule has 1 saturated carbocycles. The van der Waals surface area contributed by atoms with Gasteiger partial charge in [0.2, 0.25) is 0 Å². The third-order valence-electron chi connectivity index (χ3n) is 4.03. The molecule has 2 aliphatic rings. The molecule has 100 valence electrons. The van der Waals surface area contributed by atoms with Gasteiger partial charge in [-0.15, -0.1) is 0 Å². The number of aliphatic hydroxyl groups is 1. The van der Waals surface area contributed by atoms with Gasteiger partial charge < -0.3 is 14.6 Å². The van der Waals surface area contributed by atoms with Crippen molar-refractivity contribution in [2.45, 2.75) is 70.2 Å². The van der Waals surface area contributed by atoms with Crippen molar-refractivity contribution in [3.63, 3.8) is 0 Å². The monoisotopic (exact) mass is 242 g/mol. The summed E-state index contributed by atoms with van der Waals surface area (Å²) in [6.07, 6.45) is 5.28. The molecule has 1 aliphatic heterocycles. The van der Waals surface area contributed by atoms with Crippen LogP contribution in [0, 0.1) is 5.92 Å². The third kappa shape index (κ3) is 3.43. The van der Waals surface area contributed by atoms with E-state index in [0.29, 0.717) is 12.5 Å². The van der Waals surface area contributed by atoms with Crippen LogP contribution in [-0.4, -0.2) is 35.6 Å². The predicted octanol–water partition coefficient (Wildman–Crippen LogP) is 2.51. The van der Waals surface area contributed by atoms with Gasteiger partial charge in [-0.05, 0) is 58.8 Å². The summed E-state index contributed by atoms with van der Waals surface area (Å²) in [4.78, 5) is 0. The Hall–Kier alpha value is -0.120. The third-order valence-corrected chi connectivity index (χ3v) is 4.03. The van der Waals surface area contributed by atoms with Crippen molar-refractivity contribution in [3.8, 4) is 0 Å². The Kier molecular flexibility index (Phi) is 3.81. The highest BCUT2D eigenvalue weighted by molar-refractivity contribution is 4.95. The summed E-state index contributed by atoms with van der Waals surface area (Å²) in [6, 6.07) is 0. The van der Waals surface area contributed by atoms with E-state index in [1.807, 2.05) is 20.8 Å². The summed E-state index contributed by atoms with van der Waals surface area (Å²) in [5, 5.41) is 10.2. The van der Waals surface area contributed by atoms with Crippen molar-refractivity contribution in [2.24, 2.45) is 5.92 Å². The van der Waals surface area contributed by atoms with Gasteiger partial charge in [-0.1, -0.05) is 0 Å². The minimum absolute atomic E-state index is 0.117. The van der Waals surface area contributed by atoms with E-state index in [0.717, 1.165) is 19.4 Å². The van der Waals surface area contributed by atoms with Crippen LogP contribution in [0.3, 0.4) is 0 Å². The molecule has 0 aromatic carbocycles. The van der Waals surface area contributed by atoms with Crippen molar-refractivity contribution < 1.29 is 14.6 Å². The molecule has 1 saturated heterocycles. The second kappa shape index (κ2) is 4.87. The van der Waals surface area contributed by atoms with Crippen LogP contribution in [0.25, 0.3) is 0 Å². The summed E-state index contributed by atoms with van der Waals surface area (Å²) in [7, 11) is 0. The average Bonchev–Trinajstić information content (AvgIpc) is 2.23. The number of hydrogen-bond acceptors (Lipinski definition) is 3. The Morgan fingerprint density at radius 3 is 2.65 bits per heavy atom. The molecule has 2 unspecified atom stereocenters. The van der Waals surface area contributed by atoms with E-state index in [1.54, 1.807) is 0 Å². The maximum atomic E-state index is 10.2. The molecule has 3 nitrogen and oxygen atoms in total. The molecule has 0 amide bonds. The Labute approximate surface area is 104 Å². The second-order valence-electron chi connectivity index (χ2n) is 6.63. The zero-order valence-corrected chi connectivity index (χ0v) is 11.4. The molecule has 1 aliphatic carbocycles. The SMILES string of the molecule is CC(C)(C)OCC(O)C1CCOC2(CCC2)C1. The molecule has 0 aromatic rings. The van der Waals surface area contributed by atoms with E-state index >= 15 is 0 Å². The lowest BCUT2D eigenvalue weighted by Gasteiger charge is -2.48. The van der Waals surface area contributed by atoms with Gasteiger partial charge in [0.15, 0.2) is 0 Å². The van der Waals surface area contributed by atoms with Gasteiger partial charge in [-0.25, -0.2) is 0 Å². The minimum atomic E-state index is -0.337. The van der Waals surface area contributed by atoms with Gasteiger partial charge in [0.25, 0.3) is 0 Å². The molecule has 17 heavy (non-hydrogen) atoms. The number of ether oxygens (including phenoxy) is 2. The van der Waals surface area contributed by atoms with Crippen LogP contribution in [0.5, 0.6) is 0 Å². The zero-order chi connectivity index (χ0) is 12.5. The molecule has 0 bridgehead atoms. The molecule has 1 N–H and O–H groups in total. The highest BCUT2D eigenvalue weighted by Gasteiger charge is 2.44. The van der Waals surface area contributed by atoms with E-state index < -0.39 is 0 Å². The van der Waals surface area contributed by atoms with Crippen molar-refractivity contribution >= 4 is 0 Å². The van der Waals surface area contributed by atoms with Crippen LogP contribution in [-0.2, 0) is 9.47 Å². The molecule has 0 aromatic heterocycles. The van der Waals surface area contributed by atoms with Gasteiger partial charge in [-0.3, -0.25) is 0 Å². The Bertz CT molecular complexity index is 253. The summed E-state index contributed by atoms with van der Waals surface area (Å²) in [5.74, 6) is 0.353. The molecule has 2 rings (SSSR count). The van der Waals surface area contributed by atoms with Crippen LogP contribution in [0.2, 0.25) is 0 Å². The smallest absolute Gasteiger partial charge is 0.0803 e. The highest BCUT2D eigenvalue weighted by Crippen LogP contribution is 2.45. The second-order valence-corrected chi connectivity index (χ2v) is 6.63. The predicted molar refractivity (Wildman–Crippen MR) is 67.0 cm³/mol. The normalized spacial score (nSPS) is 30.0. The van der Waals surface area contributed by atoms with Crippen molar-refractivity contribution in [1.29, 1.82) is 0 Å². The largest absolute Gasteiger partial charge is 0.390 e. The van der Waals surface area contributed by atoms with Crippen molar-refractivity contribution in [1.82, 2.24) is 0 Å². The summed E-state index contributed by atoms with van der Waals surface area (Å²) >= 11 is 0. The van der Waals surface area contributed by atoms with Gasteiger partial charge in [0.1, 0.15) is 0 Å². The Balaban J connectivity index is 1.80.